The SMILES string of the molecule is COc1c(Cl)cc(Cl)cc1CNC(=O)c1cc2ccncc2s1. The number of nitrogens with one attached hydrogen (secondary N) is 1. The number of methoxy groups -OCH3 is 1. The quantitative estimate of drug-likeness (QED) is 0.737. The topological polar surface area (TPSA) is 51.2 Å². The van der Waals surface area contributed by atoms with Gasteiger partial charge in [-0.25, -0.2) is 0 Å². The smallest absolute Gasteiger partial charge is 0.261 e. The Morgan fingerprint density at radius 3 is 2.91 bits per heavy atom. The minimum atomic E-state index is -0.163. The Kier molecular flexibility index (Phi) is 4.71. The van der Waals surface area contributed by atoms with Gasteiger partial charge in [0.2, 0.25) is 0 Å². The fourth-order valence-electron chi connectivity index (χ4n) is 2.23. The Bertz CT molecular complexity index is 847. The number of ether oxygens (including phenoxy) is 1. The summed E-state index contributed by atoms with van der Waals surface area (Å²) < 4.78 is 6.24. The van der Waals surface area contributed by atoms with Gasteiger partial charge in [0.15, 0.2) is 0 Å². The van der Waals surface area contributed by atoms with Gasteiger partial charge in [-0.3, -0.25) is 9.78 Å². The molecule has 1 aromatic carbocycles. The van der Waals surface area contributed by atoms with E-state index in [9.17, 15) is 4.79 Å². The molecule has 1 N–H and O–H groups in total. The van der Waals surface area contributed by atoms with Gasteiger partial charge in [-0.05, 0) is 29.7 Å². The number of benzene rings is 1. The van der Waals surface area contributed by atoms with Gasteiger partial charge >= 0.3 is 0 Å². The number of hydrogen-bond acceptors (Lipinski definition) is 4. The van der Waals surface area contributed by atoms with Crippen LogP contribution in [0.25, 0.3) is 10.1 Å². The summed E-state index contributed by atoms with van der Waals surface area (Å²) in [4.78, 5) is 17.0. The van der Waals surface area contributed by atoms with Crippen LogP contribution in [0.5, 0.6) is 5.75 Å². The maximum atomic E-state index is 12.3. The van der Waals surface area contributed by atoms with Gasteiger partial charge in [-0.15, -0.1) is 11.3 Å². The van der Waals surface area contributed by atoms with Crippen molar-refractivity contribution >= 4 is 50.5 Å². The summed E-state index contributed by atoms with van der Waals surface area (Å²) in [7, 11) is 1.53. The molecule has 7 heteroatoms. The van der Waals surface area contributed by atoms with E-state index < -0.39 is 0 Å². The first-order chi connectivity index (χ1) is 11.1. The van der Waals surface area contributed by atoms with E-state index in [-0.39, 0.29) is 12.5 Å². The Hall–Kier alpha value is -1.82. The fraction of sp³-hybridized carbons (Fsp3) is 0.125. The van der Waals surface area contributed by atoms with Crippen molar-refractivity contribution < 1.29 is 9.53 Å². The second kappa shape index (κ2) is 6.74. The highest BCUT2D eigenvalue weighted by molar-refractivity contribution is 7.20. The van der Waals surface area contributed by atoms with Gasteiger partial charge in [0, 0.05) is 29.5 Å². The fourth-order valence-corrected chi connectivity index (χ4v) is 3.79. The Labute approximate surface area is 147 Å². The predicted octanol–water partition coefficient (Wildman–Crippen LogP) is 4.54. The Balaban J connectivity index is 1.79. The first-order valence-corrected chi connectivity index (χ1v) is 8.29. The van der Waals surface area contributed by atoms with Gasteiger partial charge in [-0.1, -0.05) is 23.2 Å². The zero-order chi connectivity index (χ0) is 16.4. The third kappa shape index (κ3) is 3.42. The zero-order valence-corrected chi connectivity index (χ0v) is 14.4. The second-order valence-corrected chi connectivity index (χ2v) is 6.71. The van der Waals surface area contributed by atoms with Gasteiger partial charge in [0.25, 0.3) is 5.91 Å². The molecule has 23 heavy (non-hydrogen) atoms. The van der Waals surface area contributed by atoms with Crippen LogP contribution < -0.4 is 10.1 Å². The Morgan fingerprint density at radius 2 is 2.17 bits per heavy atom. The molecule has 2 aromatic heterocycles. The van der Waals surface area contributed by atoms with Crippen LogP contribution >= 0.6 is 34.5 Å². The number of carbonyl (C=O) groups is 1. The summed E-state index contributed by atoms with van der Waals surface area (Å²) in [5, 5.41) is 4.77. The molecular weight excluding hydrogens is 355 g/mol. The molecule has 0 spiro atoms. The summed E-state index contributed by atoms with van der Waals surface area (Å²) >= 11 is 13.5. The number of halogens is 2. The number of aromatic nitrogens is 1. The lowest BCUT2D eigenvalue weighted by Gasteiger charge is -2.11. The molecule has 0 saturated heterocycles. The van der Waals surface area contributed by atoms with Gasteiger partial charge in [0.05, 0.1) is 21.7 Å². The molecule has 0 unspecified atom stereocenters. The lowest BCUT2D eigenvalue weighted by Crippen LogP contribution is -2.22. The first-order valence-electron chi connectivity index (χ1n) is 6.72. The molecule has 118 valence electrons. The number of rotatable bonds is 4. The van der Waals surface area contributed by atoms with Crippen molar-refractivity contribution in [2.45, 2.75) is 6.54 Å². The van der Waals surface area contributed by atoms with Crippen molar-refractivity contribution in [2.75, 3.05) is 7.11 Å². The predicted molar refractivity (Wildman–Crippen MR) is 93.8 cm³/mol. The van der Waals surface area contributed by atoms with E-state index >= 15 is 0 Å². The summed E-state index contributed by atoms with van der Waals surface area (Å²) in [5.41, 5.74) is 0.723. The summed E-state index contributed by atoms with van der Waals surface area (Å²) in [6.07, 6.45) is 3.45. The van der Waals surface area contributed by atoms with E-state index in [1.807, 2.05) is 12.1 Å². The number of fused-ring (bicyclic) bond motifs is 1. The normalized spacial score (nSPS) is 10.7. The van der Waals surface area contributed by atoms with Crippen LogP contribution in [-0.2, 0) is 6.54 Å². The molecule has 3 aromatic rings. The van der Waals surface area contributed by atoms with Crippen molar-refractivity contribution in [1.29, 1.82) is 0 Å². The lowest BCUT2D eigenvalue weighted by atomic mass is 10.2. The third-order valence-corrected chi connectivity index (χ3v) is 4.86. The number of nitrogens with zero attached hydrogens (tertiary/aromatic N) is 1. The summed E-state index contributed by atoms with van der Waals surface area (Å²) in [6, 6.07) is 7.05. The molecule has 0 atom stereocenters. The highest BCUT2D eigenvalue weighted by Gasteiger charge is 2.13. The van der Waals surface area contributed by atoms with E-state index in [2.05, 4.69) is 10.3 Å². The molecule has 3 rings (SSSR count). The van der Waals surface area contributed by atoms with E-state index in [1.54, 1.807) is 24.5 Å². The molecule has 0 radical (unpaired) electrons. The van der Waals surface area contributed by atoms with Crippen LogP contribution in [0.4, 0.5) is 0 Å². The molecule has 0 aliphatic carbocycles. The van der Waals surface area contributed by atoms with Crippen molar-refractivity contribution in [3.8, 4) is 5.75 Å². The molecule has 0 aliphatic heterocycles. The highest BCUT2D eigenvalue weighted by Crippen LogP contribution is 2.32. The van der Waals surface area contributed by atoms with Crippen LogP contribution in [0.3, 0.4) is 0 Å². The standard InChI is InChI=1S/C16H12Cl2N2O2S/c1-22-15-10(4-11(17)6-12(15)18)7-20-16(21)13-5-9-2-3-19-8-14(9)23-13/h2-6,8H,7H2,1H3,(H,20,21). The first kappa shape index (κ1) is 16.1. The number of carbonyl (C=O) groups excluding carboxylic acids is 1. The van der Waals surface area contributed by atoms with Crippen molar-refractivity contribution in [2.24, 2.45) is 0 Å². The summed E-state index contributed by atoms with van der Waals surface area (Å²) in [6.45, 7) is 0.273. The van der Waals surface area contributed by atoms with Gasteiger partial charge in [0.1, 0.15) is 5.75 Å². The number of amides is 1. The van der Waals surface area contributed by atoms with Crippen molar-refractivity contribution in [1.82, 2.24) is 10.3 Å². The van der Waals surface area contributed by atoms with Crippen LogP contribution in [0, 0.1) is 0 Å². The third-order valence-electron chi connectivity index (χ3n) is 3.28. The molecule has 0 aliphatic rings. The number of pyridine rings is 1. The van der Waals surface area contributed by atoms with Crippen LogP contribution in [0.15, 0.2) is 36.7 Å². The minimum absolute atomic E-state index is 0.163. The van der Waals surface area contributed by atoms with Crippen LogP contribution in [-0.4, -0.2) is 18.0 Å². The molecule has 1 amide bonds. The molecule has 0 bridgehead atoms. The van der Waals surface area contributed by atoms with Crippen molar-refractivity contribution in [3.05, 3.63) is 57.1 Å². The molecule has 2 heterocycles. The molecule has 0 fully saturated rings. The van der Waals surface area contributed by atoms with Crippen LogP contribution in [0.1, 0.15) is 15.2 Å². The van der Waals surface area contributed by atoms with E-state index in [4.69, 9.17) is 27.9 Å². The number of hydrogen-bond donors (Lipinski definition) is 1. The molecule has 0 saturated carbocycles. The average molecular weight is 367 g/mol. The monoisotopic (exact) mass is 366 g/mol. The largest absolute Gasteiger partial charge is 0.495 e. The summed E-state index contributed by atoms with van der Waals surface area (Å²) in [5.74, 6) is 0.348. The Morgan fingerprint density at radius 1 is 1.35 bits per heavy atom. The van der Waals surface area contributed by atoms with Crippen molar-refractivity contribution in [3.63, 3.8) is 0 Å². The minimum Gasteiger partial charge on any atom is -0.495 e. The molecular formula is C16H12Cl2N2O2S. The second-order valence-electron chi connectivity index (χ2n) is 4.79. The maximum absolute atomic E-state index is 12.3. The molecule has 4 nitrogen and oxygen atoms in total. The van der Waals surface area contributed by atoms with Gasteiger partial charge in [-0.2, -0.15) is 0 Å². The number of thiophene rings is 1. The van der Waals surface area contributed by atoms with E-state index in [0.717, 1.165) is 15.6 Å². The maximum Gasteiger partial charge on any atom is 0.261 e. The lowest BCUT2D eigenvalue weighted by molar-refractivity contribution is 0.0955. The highest BCUT2D eigenvalue weighted by atomic mass is 35.5. The van der Waals surface area contributed by atoms with Crippen LogP contribution in [0.2, 0.25) is 10.0 Å². The van der Waals surface area contributed by atoms with E-state index in [0.29, 0.717) is 20.7 Å². The zero-order valence-electron chi connectivity index (χ0n) is 12.1. The van der Waals surface area contributed by atoms with E-state index in [1.165, 1.54) is 18.4 Å². The van der Waals surface area contributed by atoms with Gasteiger partial charge < -0.3 is 10.1 Å². The average Bonchev–Trinajstić information content (AvgIpc) is 2.96.